The molecule has 3 N–H and O–H groups in total. The fraction of sp³-hybridized carbons (Fsp3) is 0.714. The minimum absolute atomic E-state index is 0.425. The number of aliphatic hydroxyl groups is 3. The summed E-state index contributed by atoms with van der Waals surface area (Å²) < 4.78 is 9.50. The maximum Gasteiger partial charge on any atom is 0.236 e. The zero-order valence-corrected chi connectivity index (χ0v) is 6.67. The molecule has 0 aliphatic carbocycles. The van der Waals surface area contributed by atoms with Crippen LogP contribution in [0.1, 0.15) is 0 Å². The van der Waals surface area contributed by atoms with Crippen molar-refractivity contribution in [3.05, 3.63) is 12.3 Å². The Hall–Kier alpha value is -0.620. The lowest BCUT2D eigenvalue weighted by Crippen LogP contribution is -2.56. The highest BCUT2D eigenvalue weighted by atomic mass is 16.7. The summed E-state index contributed by atoms with van der Waals surface area (Å²) in [4.78, 5) is 0. The molecule has 0 bridgehead atoms. The van der Waals surface area contributed by atoms with Crippen molar-refractivity contribution in [2.24, 2.45) is 0 Å². The van der Waals surface area contributed by atoms with Crippen LogP contribution in [-0.4, -0.2) is 47.0 Å². The highest BCUT2D eigenvalue weighted by Crippen LogP contribution is 2.24. The van der Waals surface area contributed by atoms with Gasteiger partial charge in [-0.3, -0.25) is 0 Å². The molecule has 5 nitrogen and oxygen atoms in total. The summed E-state index contributed by atoms with van der Waals surface area (Å²) in [5, 5.41) is 27.6. The van der Waals surface area contributed by atoms with E-state index >= 15 is 0 Å². The van der Waals surface area contributed by atoms with E-state index in [0.29, 0.717) is 0 Å². The Morgan fingerprint density at radius 2 is 2.33 bits per heavy atom. The zero-order valence-electron chi connectivity index (χ0n) is 6.67. The zero-order chi connectivity index (χ0) is 9.19. The Bertz CT molecular complexity index is 181. The predicted octanol–water partition coefficient (Wildman–Crippen LogP) is -1.41. The van der Waals surface area contributed by atoms with Gasteiger partial charge < -0.3 is 24.8 Å². The average molecular weight is 176 g/mol. The van der Waals surface area contributed by atoms with Crippen molar-refractivity contribution in [1.29, 1.82) is 0 Å². The molecule has 0 aromatic carbocycles. The van der Waals surface area contributed by atoms with Crippen molar-refractivity contribution in [2.45, 2.75) is 18.0 Å². The third-order valence-electron chi connectivity index (χ3n) is 1.88. The molecule has 0 spiro atoms. The van der Waals surface area contributed by atoms with E-state index in [9.17, 15) is 10.2 Å². The van der Waals surface area contributed by atoms with E-state index in [1.807, 2.05) is 0 Å². The van der Waals surface area contributed by atoms with Crippen LogP contribution in [0.3, 0.4) is 0 Å². The second kappa shape index (κ2) is 3.40. The van der Waals surface area contributed by atoms with E-state index in [2.05, 4.69) is 4.74 Å². The third kappa shape index (κ3) is 1.32. The Morgan fingerprint density at radius 1 is 1.67 bits per heavy atom. The molecule has 0 aromatic heterocycles. The lowest BCUT2D eigenvalue weighted by molar-refractivity contribution is -0.291. The van der Waals surface area contributed by atoms with Gasteiger partial charge in [-0.15, -0.1) is 0 Å². The fourth-order valence-electron chi connectivity index (χ4n) is 1.07. The van der Waals surface area contributed by atoms with E-state index in [1.54, 1.807) is 0 Å². The van der Waals surface area contributed by atoms with Gasteiger partial charge in [-0.25, -0.2) is 0 Å². The van der Waals surface area contributed by atoms with Crippen molar-refractivity contribution in [3.8, 4) is 0 Å². The Labute approximate surface area is 69.8 Å². The minimum Gasteiger partial charge on any atom is -0.490 e. The molecule has 1 rings (SSSR count). The molecule has 0 aromatic rings. The van der Waals surface area contributed by atoms with E-state index in [4.69, 9.17) is 9.84 Å². The van der Waals surface area contributed by atoms with Crippen molar-refractivity contribution in [2.75, 3.05) is 13.7 Å². The molecule has 1 heterocycles. The first-order valence-corrected chi connectivity index (χ1v) is 3.53. The third-order valence-corrected chi connectivity index (χ3v) is 1.88. The van der Waals surface area contributed by atoms with Gasteiger partial charge >= 0.3 is 0 Å². The lowest BCUT2D eigenvalue weighted by Gasteiger charge is -2.37. The van der Waals surface area contributed by atoms with Crippen molar-refractivity contribution < 1.29 is 24.8 Å². The molecule has 0 amide bonds. The molecule has 0 unspecified atom stereocenters. The first kappa shape index (κ1) is 9.47. The molecule has 0 radical (unpaired) electrons. The standard InChI is InChI=1S/C7H12O5/c1-11-7(10)5(9)2-3-12-6(7)4-8/h2-3,5-6,8-10H,4H2,1H3/t5-,6-,7-/m1/s1. The summed E-state index contributed by atoms with van der Waals surface area (Å²) in [5.74, 6) is -1.86. The molecule has 0 saturated heterocycles. The average Bonchev–Trinajstić information content (AvgIpc) is 2.10. The number of hydrogen-bond acceptors (Lipinski definition) is 5. The van der Waals surface area contributed by atoms with Gasteiger partial charge in [0.05, 0.1) is 12.9 Å². The SMILES string of the molecule is CO[C@]1(O)[C@H](O)C=CO[C@@H]1CO. The van der Waals surface area contributed by atoms with Crippen LogP contribution in [0.2, 0.25) is 0 Å². The highest BCUT2D eigenvalue weighted by Gasteiger charge is 2.46. The van der Waals surface area contributed by atoms with Crippen molar-refractivity contribution in [1.82, 2.24) is 0 Å². The van der Waals surface area contributed by atoms with Crippen LogP contribution in [0.15, 0.2) is 12.3 Å². The first-order chi connectivity index (χ1) is 5.65. The molecule has 1 aliphatic rings. The molecule has 1 aliphatic heterocycles. The van der Waals surface area contributed by atoms with Gasteiger partial charge in [0, 0.05) is 7.11 Å². The van der Waals surface area contributed by atoms with Gasteiger partial charge in [-0.2, -0.15) is 0 Å². The van der Waals surface area contributed by atoms with Gasteiger partial charge in [0.25, 0.3) is 0 Å². The summed E-state index contributed by atoms with van der Waals surface area (Å²) in [7, 11) is 1.23. The van der Waals surface area contributed by atoms with Crippen LogP contribution in [0.25, 0.3) is 0 Å². The quantitative estimate of drug-likeness (QED) is 0.450. The molecular formula is C7H12O5. The van der Waals surface area contributed by atoms with Crippen LogP contribution in [-0.2, 0) is 9.47 Å². The maximum atomic E-state index is 9.60. The molecule has 12 heavy (non-hydrogen) atoms. The second-order valence-electron chi connectivity index (χ2n) is 2.54. The van der Waals surface area contributed by atoms with Gasteiger partial charge in [-0.05, 0) is 6.08 Å². The molecule has 0 saturated carbocycles. The van der Waals surface area contributed by atoms with E-state index in [1.165, 1.54) is 19.4 Å². The monoisotopic (exact) mass is 176 g/mol. The van der Waals surface area contributed by atoms with E-state index in [-0.39, 0.29) is 0 Å². The van der Waals surface area contributed by atoms with Crippen LogP contribution >= 0.6 is 0 Å². The Balaban J connectivity index is 2.83. The summed E-state index contributed by atoms with van der Waals surface area (Å²) in [6.07, 6.45) is 0.324. The topological polar surface area (TPSA) is 79.2 Å². The fourth-order valence-corrected chi connectivity index (χ4v) is 1.07. The summed E-state index contributed by atoms with van der Waals surface area (Å²) in [6, 6.07) is 0. The van der Waals surface area contributed by atoms with E-state index in [0.717, 1.165) is 0 Å². The predicted molar refractivity (Wildman–Crippen MR) is 39.1 cm³/mol. The van der Waals surface area contributed by atoms with Crippen molar-refractivity contribution in [3.63, 3.8) is 0 Å². The largest absolute Gasteiger partial charge is 0.490 e. The van der Waals surface area contributed by atoms with Crippen LogP contribution in [0.5, 0.6) is 0 Å². The number of hydrogen-bond donors (Lipinski definition) is 3. The molecular weight excluding hydrogens is 164 g/mol. The van der Waals surface area contributed by atoms with Crippen LogP contribution < -0.4 is 0 Å². The van der Waals surface area contributed by atoms with E-state index < -0.39 is 24.6 Å². The lowest BCUT2D eigenvalue weighted by atomic mass is 10.0. The normalized spacial score (nSPS) is 41.0. The first-order valence-electron chi connectivity index (χ1n) is 3.53. The maximum absolute atomic E-state index is 9.60. The van der Waals surface area contributed by atoms with Crippen LogP contribution in [0, 0.1) is 0 Å². The minimum atomic E-state index is -1.86. The molecule has 5 heteroatoms. The van der Waals surface area contributed by atoms with Crippen molar-refractivity contribution >= 4 is 0 Å². The summed E-state index contributed by atoms with van der Waals surface area (Å²) >= 11 is 0. The summed E-state index contributed by atoms with van der Waals surface area (Å²) in [5.41, 5.74) is 0. The number of ether oxygens (including phenoxy) is 2. The number of rotatable bonds is 2. The Kier molecular flexibility index (Phi) is 2.69. The van der Waals surface area contributed by atoms with Gasteiger partial charge in [-0.1, -0.05) is 0 Å². The van der Waals surface area contributed by atoms with Gasteiger partial charge in [0.15, 0.2) is 6.10 Å². The van der Waals surface area contributed by atoms with Gasteiger partial charge in [0.2, 0.25) is 5.79 Å². The second-order valence-corrected chi connectivity index (χ2v) is 2.54. The highest BCUT2D eigenvalue weighted by molar-refractivity contribution is 5.02. The number of aliphatic hydroxyl groups excluding tert-OH is 2. The molecule has 0 fully saturated rings. The smallest absolute Gasteiger partial charge is 0.236 e. The number of methoxy groups -OCH3 is 1. The van der Waals surface area contributed by atoms with Gasteiger partial charge in [0.1, 0.15) is 6.10 Å². The summed E-state index contributed by atoms with van der Waals surface area (Å²) in [6.45, 7) is -0.425. The Morgan fingerprint density at radius 3 is 2.75 bits per heavy atom. The van der Waals surface area contributed by atoms with Crippen LogP contribution in [0.4, 0.5) is 0 Å². The molecule has 70 valence electrons. The molecule has 3 atom stereocenters.